The molecule has 1 heterocycles. The molecule has 0 bridgehead atoms. The van der Waals surface area contributed by atoms with Crippen molar-refractivity contribution >= 4 is 17.3 Å². The largest absolute Gasteiger partial charge is 0.504 e. The van der Waals surface area contributed by atoms with E-state index in [0.717, 1.165) is 43.6 Å². The molecule has 0 radical (unpaired) electrons. The van der Waals surface area contributed by atoms with Crippen LogP contribution < -0.4 is 19.5 Å². The molecule has 0 aliphatic carbocycles. The van der Waals surface area contributed by atoms with Gasteiger partial charge in [0, 0.05) is 31.4 Å². The molecule has 0 atom stereocenters. The molecule has 1 amide bonds. The predicted octanol–water partition coefficient (Wildman–Crippen LogP) is 4.18. The summed E-state index contributed by atoms with van der Waals surface area (Å²) in [5.74, 6) is 0.429. The fourth-order valence-corrected chi connectivity index (χ4v) is 4.43. The Balaban J connectivity index is 1.38. The second-order valence-corrected chi connectivity index (χ2v) is 8.70. The van der Waals surface area contributed by atoms with Crippen LogP contribution in [0.2, 0.25) is 0 Å². The van der Waals surface area contributed by atoms with Crippen molar-refractivity contribution in [3.8, 4) is 23.0 Å². The van der Waals surface area contributed by atoms with E-state index < -0.39 is 10.8 Å². The zero-order valence-electron chi connectivity index (χ0n) is 20.9. The molecule has 10 heteroatoms. The number of rotatable bonds is 9. The number of nitro groups is 1. The summed E-state index contributed by atoms with van der Waals surface area (Å²) in [4.78, 5) is 26.1. The number of phenolic OH excluding ortho intramolecular Hbond substituents is 1. The zero-order chi connectivity index (χ0) is 26.5. The number of hydrogen-bond donors (Lipinski definition) is 2. The third-order valence-electron chi connectivity index (χ3n) is 6.46. The summed E-state index contributed by atoms with van der Waals surface area (Å²) in [6.45, 7) is 2.51. The number of phenols is 1. The van der Waals surface area contributed by atoms with Gasteiger partial charge in [0.2, 0.25) is 0 Å². The maximum absolute atomic E-state index is 12.8. The topological polar surface area (TPSA) is 123 Å². The first-order valence-electron chi connectivity index (χ1n) is 11.7. The van der Waals surface area contributed by atoms with Crippen LogP contribution in [0.25, 0.3) is 0 Å². The molecule has 3 aromatic carbocycles. The molecule has 1 aliphatic rings. The molecular weight excluding hydrogens is 478 g/mol. The maximum Gasteiger partial charge on any atom is 0.286 e. The third-order valence-corrected chi connectivity index (χ3v) is 6.46. The van der Waals surface area contributed by atoms with Crippen molar-refractivity contribution in [2.45, 2.75) is 19.4 Å². The zero-order valence-corrected chi connectivity index (χ0v) is 20.9. The van der Waals surface area contributed by atoms with E-state index in [1.807, 2.05) is 18.2 Å². The minimum absolute atomic E-state index is 0.124. The van der Waals surface area contributed by atoms with E-state index >= 15 is 0 Å². The van der Waals surface area contributed by atoms with Gasteiger partial charge >= 0.3 is 0 Å². The number of nitro benzene ring substituents is 1. The number of amides is 1. The molecule has 0 spiro atoms. The van der Waals surface area contributed by atoms with Crippen molar-refractivity contribution in [2.75, 3.05) is 39.7 Å². The van der Waals surface area contributed by atoms with Crippen LogP contribution in [0, 0.1) is 10.1 Å². The molecule has 4 rings (SSSR count). The number of anilines is 1. The van der Waals surface area contributed by atoms with Crippen LogP contribution in [-0.4, -0.2) is 55.3 Å². The van der Waals surface area contributed by atoms with Crippen molar-refractivity contribution in [1.82, 2.24) is 4.90 Å². The minimum atomic E-state index is -0.628. The van der Waals surface area contributed by atoms with E-state index in [9.17, 15) is 20.0 Å². The smallest absolute Gasteiger partial charge is 0.286 e. The SMILES string of the molecule is COc1cc2c(cc1O)CN(CCc1ccc(NC(=O)c3cc(OC)c(OC)cc3[N+](=O)[O-])cc1)CC2. The van der Waals surface area contributed by atoms with Crippen LogP contribution in [0.1, 0.15) is 27.0 Å². The number of benzene rings is 3. The molecule has 194 valence electrons. The van der Waals surface area contributed by atoms with Crippen molar-refractivity contribution in [3.05, 3.63) is 80.9 Å². The highest BCUT2D eigenvalue weighted by atomic mass is 16.6. The van der Waals surface area contributed by atoms with Gasteiger partial charge in [0.15, 0.2) is 23.0 Å². The molecule has 10 nitrogen and oxygen atoms in total. The van der Waals surface area contributed by atoms with E-state index in [2.05, 4.69) is 10.2 Å². The van der Waals surface area contributed by atoms with E-state index in [1.165, 1.54) is 31.9 Å². The van der Waals surface area contributed by atoms with Gasteiger partial charge in [0.25, 0.3) is 11.6 Å². The number of nitrogens with one attached hydrogen (secondary N) is 1. The van der Waals surface area contributed by atoms with Crippen molar-refractivity contribution in [1.29, 1.82) is 0 Å². The Morgan fingerprint density at radius 3 is 2.32 bits per heavy atom. The summed E-state index contributed by atoms with van der Waals surface area (Å²) in [5.41, 5.74) is 3.42. The minimum Gasteiger partial charge on any atom is -0.504 e. The first kappa shape index (κ1) is 25.8. The molecule has 1 aliphatic heterocycles. The number of fused-ring (bicyclic) bond motifs is 1. The summed E-state index contributed by atoms with van der Waals surface area (Å²) in [7, 11) is 4.32. The standard InChI is InChI=1S/C27H29N3O7/c1-35-24-13-18-9-11-29(16-19(18)12-23(24)31)10-8-17-4-6-20(7-5-17)28-27(32)21-14-25(36-2)26(37-3)15-22(21)30(33)34/h4-7,12-15,31H,8-11,16H2,1-3H3,(H,28,32). The van der Waals surface area contributed by atoms with Gasteiger partial charge in [-0.25, -0.2) is 0 Å². The van der Waals surface area contributed by atoms with Crippen LogP contribution in [0.3, 0.4) is 0 Å². The van der Waals surface area contributed by atoms with Gasteiger partial charge < -0.3 is 24.6 Å². The number of nitrogens with zero attached hydrogens (tertiary/aromatic N) is 2. The summed E-state index contributed by atoms with van der Waals surface area (Å²) in [6, 6.07) is 13.6. The molecule has 0 saturated heterocycles. The second kappa shape index (κ2) is 11.2. The molecule has 37 heavy (non-hydrogen) atoms. The Labute approximate surface area is 214 Å². The molecule has 2 N–H and O–H groups in total. The molecule has 3 aromatic rings. The summed E-state index contributed by atoms with van der Waals surface area (Å²) in [5, 5.41) is 24.3. The first-order valence-corrected chi connectivity index (χ1v) is 11.7. The molecule has 0 unspecified atom stereocenters. The average molecular weight is 508 g/mol. The molecule has 0 aromatic heterocycles. The van der Waals surface area contributed by atoms with Crippen LogP contribution in [0.5, 0.6) is 23.0 Å². The van der Waals surface area contributed by atoms with Crippen LogP contribution in [-0.2, 0) is 19.4 Å². The lowest BCUT2D eigenvalue weighted by molar-refractivity contribution is -0.385. The Morgan fingerprint density at radius 2 is 1.68 bits per heavy atom. The quantitative estimate of drug-likeness (QED) is 0.327. The lowest BCUT2D eigenvalue weighted by atomic mass is 9.98. The van der Waals surface area contributed by atoms with E-state index in [-0.39, 0.29) is 28.5 Å². The van der Waals surface area contributed by atoms with Crippen molar-refractivity contribution in [3.63, 3.8) is 0 Å². The van der Waals surface area contributed by atoms with Gasteiger partial charge in [-0.15, -0.1) is 0 Å². The number of methoxy groups -OCH3 is 3. The molecule has 0 fully saturated rings. The van der Waals surface area contributed by atoms with Gasteiger partial charge in [-0.05, 0) is 53.8 Å². The average Bonchev–Trinajstić information content (AvgIpc) is 2.91. The van der Waals surface area contributed by atoms with Gasteiger partial charge in [-0.1, -0.05) is 12.1 Å². The van der Waals surface area contributed by atoms with Gasteiger partial charge in [0.1, 0.15) is 5.56 Å². The van der Waals surface area contributed by atoms with E-state index in [0.29, 0.717) is 11.4 Å². The summed E-state index contributed by atoms with van der Waals surface area (Å²) < 4.78 is 15.5. The normalized spacial score (nSPS) is 12.9. The Hall–Kier alpha value is -4.31. The predicted molar refractivity (Wildman–Crippen MR) is 138 cm³/mol. The Kier molecular flexibility index (Phi) is 7.78. The maximum atomic E-state index is 12.8. The van der Waals surface area contributed by atoms with Crippen molar-refractivity contribution < 1.29 is 29.0 Å². The fourth-order valence-electron chi connectivity index (χ4n) is 4.43. The lowest BCUT2D eigenvalue weighted by Crippen LogP contribution is -2.32. The van der Waals surface area contributed by atoms with E-state index in [4.69, 9.17) is 14.2 Å². The summed E-state index contributed by atoms with van der Waals surface area (Å²) >= 11 is 0. The molecule has 0 saturated carbocycles. The van der Waals surface area contributed by atoms with Crippen LogP contribution >= 0.6 is 0 Å². The highest BCUT2D eigenvalue weighted by molar-refractivity contribution is 6.07. The third kappa shape index (κ3) is 5.75. The fraction of sp³-hybridized carbons (Fsp3) is 0.296. The van der Waals surface area contributed by atoms with Gasteiger partial charge in [-0.3, -0.25) is 19.8 Å². The van der Waals surface area contributed by atoms with Crippen molar-refractivity contribution in [2.24, 2.45) is 0 Å². The summed E-state index contributed by atoms with van der Waals surface area (Å²) in [6.07, 6.45) is 1.70. The van der Waals surface area contributed by atoms with Gasteiger partial charge in [0.05, 0.1) is 32.3 Å². The van der Waals surface area contributed by atoms with E-state index in [1.54, 1.807) is 25.3 Å². The lowest BCUT2D eigenvalue weighted by Gasteiger charge is -2.29. The van der Waals surface area contributed by atoms with Crippen LogP contribution in [0.15, 0.2) is 48.5 Å². The number of carbonyl (C=O) groups is 1. The first-order chi connectivity index (χ1) is 17.8. The van der Waals surface area contributed by atoms with Crippen LogP contribution in [0.4, 0.5) is 11.4 Å². The Bertz CT molecular complexity index is 1310. The highest BCUT2D eigenvalue weighted by Gasteiger charge is 2.25. The number of ether oxygens (including phenoxy) is 3. The molecular formula is C27H29N3O7. The second-order valence-electron chi connectivity index (χ2n) is 8.70. The Morgan fingerprint density at radius 1 is 1.00 bits per heavy atom. The number of hydrogen-bond acceptors (Lipinski definition) is 8. The monoisotopic (exact) mass is 507 g/mol. The highest BCUT2D eigenvalue weighted by Crippen LogP contribution is 2.35. The number of carbonyl (C=O) groups excluding carboxylic acids is 1. The number of aromatic hydroxyl groups is 1. The van der Waals surface area contributed by atoms with Gasteiger partial charge in [-0.2, -0.15) is 0 Å².